The third-order valence-electron chi connectivity index (χ3n) is 4.25. The normalized spacial score (nSPS) is 23.8. The third kappa shape index (κ3) is 2.04. The van der Waals surface area contributed by atoms with Crippen LogP contribution in [0.15, 0.2) is 41.9 Å². The second-order valence-electron chi connectivity index (χ2n) is 5.94. The third-order valence-corrected chi connectivity index (χ3v) is 4.50. The number of aromatic nitrogens is 3. The first-order valence-corrected chi connectivity index (χ1v) is 7.69. The van der Waals surface area contributed by atoms with Crippen molar-refractivity contribution in [3.8, 4) is 0 Å². The molecule has 2 aromatic rings. The Balaban J connectivity index is 1.89. The highest BCUT2D eigenvalue weighted by molar-refractivity contribution is 6.30. The van der Waals surface area contributed by atoms with Gasteiger partial charge in [0.15, 0.2) is 5.78 Å². The minimum Gasteiger partial charge on any atom is -0.328 e. The van der Waals surface area contributed by atoms with Crippen molar-refractivity contribution in [1.82, 2.24) is 14.8 Å². The monoisotopic (exact) mass is 314 g/mol. The van der Waals surface area contributed by atoms with Crippen molar-refractivity contribution in [2.24, 2.45) is 5.92 Å². The molecule has 0 radical (unpaired) electrons. The van der Waals surface area contributed by atoms with Crippen LogP contribution in [-0.2, 0) is 4.79 Å². The maximum absolute atomic E-state index is 12.6. The quantitative estimate of drug-likeness (QED) is 0.878. The highest BCUT2D eigenvalue weighted by Crippen LogP contribution is 2.40. The number of nitrogens with one attached hydrogen (secondary N) is 1. The van der Waals surface area contributed by atoms with Crippen molar-refractivity contribution in [3.63, 3.8) is 0 Å². The molecule has 1 aliphatic carbocycles. The highest BCUT2D eigenvalue weighted by Gasteiger charge is 2.37. The average molecular weight is 315 g/mol. The van der Waals surface area contributed by atoms with Crippen molar-refractivity contribution < 1.29 is 4.79 Å². The van der Waals surface area contributed by atoms with Crippen LogP contribution in [0.1, 0.15) is 31.4 Å². The van der Waals surface area contributed by atoms with E-state index >= 15 is 0 Å². The Morgan fingerprint density at radius 1 is 1.27 bits per heavy atom. The average Bonchev–Trinajstić information content (AvgIpc) is 2.93. The number of carbonyl (C=O) groups excluding carboxylic acids is 1. The van der Waals surface area contributed by atoms with Crippen LogP contribution in [-0.4, -0.2) is 20.5 Å². The van der Waals surface area contributed by atoms with Gasteiger partial charge in [0, 0.05) is 22.7 Å². The zero-order chi connectivity index (χ0) is 15.3. The molecule has 2 aliphatic rings. The van der Waals surface area contributed by atoms with E-state index in [9.17, 15) is 4.79 Å². The van der Waals surface area contributed by atoms with E-state index in [0.29, 0.717) is 23.3 Å². The van der Waals surface area contributed by atoms with Gasteiger partial charge in [-0.2, -0.15) is 10.1 Å². The van der Waals surface area contributed by atoms with Gasteiger partial charge in [-0.1, -0.05) is 30.7 Å². The summed E-state index contributed by atoms with van der Waals surface area (Å²) in [6, 6.07) is 7.34. The topological polar surface area (TPSA) is 59.8 Å². The number of nitrogens with zero attached hydrogens (tertiary/aromatic N) is 3. The van der Waals surface area contributed by atoms with E-state index in [-0.39, 0.29) is 11.8 Å². The molecule has 0 saturated carbocycles. The van der Waals surface area contributed by atoms with Crippen LogP contribution in [0.5, 0.6) is 0 Å². The lowest BCUT2D eigenvalue weighted by atomic mass is 9.81. The number of ketones is 1. The van der Waals surface area contributed by atoms with Crippen LogP contribution in [0.2, 0.25) is 5.02 Å². The maximum Gasteiger partial charge on any atom is 0.226 e. The summed E-state index contributed by atoms with van der Waals surface area (Å²) in [7, 11) is 0. The van der Waals surface area contributed by atoms with Crippen molar-refractivity contribution in [2.45, 2.75) is 25.8 Å². The van der Waals surface area contributed by atoms with Crippen LogP contribution >= 0.6 is 11.6 Å². The zero-order valence-corrected chi connectivity index (χ0v) is 12.8. The molecule has 2 atom stereocenters. The predicted octanol–water partition coefficient (Wildman–Crippen LogP) is 3.20. The number of hydrogen-bond donors (Lipinski definition) is 1. The number of allylic oxidation sites excluding steroid dienone is 2. The van der Waals surface area contributed by atoms with Crippen molar-refractivity contribution in [3.05, 3.63) is 52.4 Å². The number of fused-ring (bicyclic) bond motifs is 1. The second kappa shape index (κ2) is 4.95. The fraction of sp³-hybridized carbons (Fsp3) is 0.312. The van der Waals surface area contributed by atoms with E-state index in [4.69, 9.17) is 11.6 Å². The maximum atomic E-state index is 12.6. The molecule has 1 N–H and O–H groups in total. The minimum absolute atomic E-state index is 0.183. The summed E-state index contributed by atoms with van der Waals surface area (Å²) in [5.41, 5.74) is 2.77. The lowest BCUT2D eigenvalue weighted by Crippen LogP contribution is -2.33. The molecule has 5 nitrogen and oxygen atoms in total. The van der Waals surface area contributed by atoms with Crippen LogP contribution < -0.4 is 5.32 Å². The molecular formula is C16H15ClN4O. The van der Waals surface area contributed by atoms with Crippen molar-refractivity contribution in [1.29, 1.82) is 0 Å². The van der Waals surface area contributed by atoms with Gasteiger partial charge in [0.25, 0.3) is 0 Å². The summed E-state index contributed by atoms with van der Waals surface area (Å²) in [6.45, 7) is 2.10. The van der Waals surface area contributed by atoms with Crippen molar-refractivity contribution >= 4 is 23.3 Å². The second-order valence-corrected chi connectivity index (χ2v) is 6.37. The lowest BCUT2D eigenvalue weighted by Gasteiger charge is -2.34. The summed E-state index contributed by atoms with van der Waals surface area (Å²) < 4.78 is 1.77. The largest absolute Gasteiger partial charge is 0.328 e. The molecule has 0 saturated heterocycles. The molecule has 4 rings (SSSR count). The predicted molar refractivity (Wildman–Crippen MR) is 83.7 cm³/mol. The SMILES string of the molecule is C[C@H]1CC(=O)C2=C(C1)Nc1ncnn1[C@H]2c1ccc(Cl)cc1. The molecule has 0 spiro atoms. The Bertz CT molecular complexity index is 778. The van der Waals surface area contributed by atoms with Gasteiger partial charge in [-0.15, -0.1) is 0 Å². The van der Waals surface area contributed by atoms with Gasteiger partial charge in [0.1, 0.15) is 12.4 Å². The standard InChI is InChI=1S/C16H15ClN4O/c1-9-6-12-14(13(22)7-9)15(10-2-4-11(17)5-3-10)21-16(20-12)18-8-19-21/h2-5,8-9,15H,6-7H2,1H3,(H,18,19,20)/t9-,15+/m1/s1. The Kier molecular flexibility index (Phi) is 3.04. The Labute approximate surface area is 133 Å². The molecule has 0 amide bonds. The highest BCUT2D eigenvalue weighted by atomic mass is 35.5. The fourth-order valence-corrected chi connectivity index (χ4v) is 3.43. The number of anilines is 1. The van der Waals surface area contributed by atoms with E-state index in [1.54, 1.807) is 4.68 Å². The van der Waals surface area contributed by atoms with Gasteiger partial charge < -0.3 is 5.32 Å². The first-order chi connectivity index (χ1) is 10.6. The van der Waals surface area contributed by atoms with Crippen LogP contribution in [0, 0.1) is 5.92 Å². The van der Waals surface area contributed by atoms with E-state index in [1.165, 1.54) is 6.33 Å². The van der Waals surface area contributed by atoms with E-state index in [0.717, 1.165) is 23.3 Å². The Morgan fingerprint density at radius 3 is 2.82 bits per heavy atom. The lowest BCUT2D eigenvalue weighted by molar-refractivity contribution is -0.117. The molecule has 112 valence electrons. The van der Waals surface area contributed by atoms with Gasteiger partial charge in [-0.3, -0.25) is 4.79 Å². The van der Waals surface area contributed by atoms with Gasteiger partial charge in [0.05, 0.1) is 0 Å². The summed E-state index contributed by atoms with van der Waals surface area (Å²) in [4.78, 5) is 16.9. The van der Waals surface area contributed by atoms with Gasteiger partial charge in [0.2, 0.25) is 5.95 Å². The summed E-state index contributed by atoms with van der Waals surface area (Å²) in [5, 5.41) is 8.25. The summed E-state index contributed by atoms with van der Waals surface area (Å²) >= 11 is 5.99. The summed E-state index contributed by atoms with van der Waals surface area (Å²) in [6.07, 6.45) is 2.95. The molecule has 1 aliphatic heterocycles. The van der Waals surface area contributed by atoms with Gasteiger partial charge >= 0.3 is 0 Å². The number of carbonyl (C=O) groups is 1. The van der Waals surface area contributed by atoms with Crippen LogP contribution in [0.25, 0.3) is 0 Å². The number of hydrogen-bond acceptors (Lipinski definition) is 4. The van der Waals surface area contributed by atoms with E-state index in [1.807, 2.05) is 24.3 Å². The molecule has 1 aromatic carbocycles. The molecule has 2 heterocycles. The molecule has 6 heteroatoms. The summed E-state index contributed by atoms with van der Waals surface area (Å²) in [5.74, 6) is 1.21. The van der Waals surface area contributed by atoms with Gasteiger partial charge in [-0.05, 0) is 30.0 Å². The molecule has 22 heavy (non-hydrogen) atoms. The van der Waals surface area contributed by atoms with Crippen LogP contribution in [0.3, 0.4) is 0 Å². The molecular weight excluding hydrogens is 300 g/mol. The Hall–Kier alpha value is -2.14. The van der Waals surface area contributed by atoms with Crippen LogP contribution in [0.4, 0.5) is 5.95 Å². The van der Waals surface area contributed by atoms with Crippen molar-refractivity contribution in [2.75, 3.05) is 5.32 Å². The Morgan fingerprint density at radius 2 is 2.05 bits per heavy atom. The molecule has 0 bridgehead atoms. The number of Topliss-reactive ketones (excluding diaryl/α,β-unsaturated/α-hetero) is 1. The van der Waals surface area contributed by atoms with Gasteiger partial charge in [-0.25, -0.2) is 4.68 Å². The molecule has 0 unspecified atom stereocenters. The number of rotatable bonds is 1. The molecule has 0 fully saturated rings. The molecule has 1 aromatic heterocycles. The number of benzene rings is 1. The zero-order valence-electron chi connectivity index (χ0n) is 12.1. The minimum atomic E-state index is -0.231. The van der Waals surface area contributed by atoms with E-state index < -0.39 is 0 Å². The first kappa shape index (κ1) is 13.5. The number of halogens is 1. The fourth-order valence-electron chi connectivity index (χ4n) is 3.30. The first-order valence-electron chi connectivity index (χ1n) is 7.31. The smallest absolute Gasteiger partial charge is 0.226 e. The van der Waals surface area contributed by atoms with E-state index in [2.05, 4.69) is 22.3 Å².